The van der Waals surface area contributed by atoms with Crippen LogP contribution in [0.25, 0.3) is 5.57 Å². The van der Waals surface area contributed by atoms with Gasteiger partial charge in [-0.2, -0.15) is 0 Å². The molecule has 2 amide bonds. The molecule has 5 nitrogen and oxygen atoms in total. The summed E-state index contributed by atoms with van der Waals surface area (Å²) >= 11 is 0. The Labute approximate surface area is 145 Å². The van der Waals surface area contributed by atoms with Crippen LogP contribution in [-0.2, 0) is 0 Å². The maximum Gasteiger partial charge on any atom is 0.337 e. The minimum atomic E-state index is -1.09. The van der Waals surface area contributed by atoms with Crippen LogP contribution in [0.3, 0.4) is 0 Å². The minimum absolute atomic E-state index is 0.0454. The Morgan fingerprint density at radius 1 is 0.920 bits per heavy atom. The second kappa shape index (κ2) is 7.49. The molecule has 0 bridgehead atoms. The van der Waals surface area contributed by atoms with Gasteiger partial charge >= 0.3 is 12.0 Å². The van der Waals surface area contributed by atoms with E-state index in [1.807, 2.05) is 24.3 Å². The summed E-state index contributed by atoms with van der Waals surface area (Å²) in [5.74, 6) is -1.09. The number of hydrogen-bond donors (Lipinski definition) is 3. The van der Waals surface area contributed by atoms with Gasteiger partial charge in [-0.1, -0.05) is 42.5 Å². The van der Waals surface area contributed by atoms with Crippen LogP contribution in [0.4, 0.5) is 16.2 Å². The molecule has 1 aliphatic rings. The van der Waals surface area contributed by atoms with Crippen LogP contribution in [0.5, 0.6) is 0 Å². The summed E-state index contributed by atoms with van der Waals surface area (Å²) in [6.07, 6.45) is 8.55. The van der Waals surface area contributed by atoms with E-state index in [1.54, 1.807) is 18.2 Å². The van der Waals surface area contributed by atoms with E-state index in [0.29, 0.717) is 5.69 Å². The summed E-state index contributed by atoms with van der Waals surface area (Å²) in [6.45, 7) is 0. The number of benzene rings is 2. The van der Waals surface area contributed by atoms with Crippen molar-refractivity contribution < 1.29 is 14.7 Å². The molecular weight excluding hydrogens is 316 g/mol. The molecule has 0 saturated carbocycles. The van der Waals surface area contributed by atoms with Crippen molar-refractivity contribution in [3.05, 3.63) is 77.9 Å². The van der Waals surface area contributed by atoms with Crippen molar-refractivity contribution in [1.29, 1.82) is 0 Å². The third kappa shape index (κ3) is 4.14. The molecule has 126 valence electrons. The highest BCUT2D eigenvalue weighted by Gasteiger charge is 2.11. The summed E-state index contributed by atoms with van der Waals surface area (Å²) in [5, 5.41) is 14.4. The van der Waals surface area contributed by atoms with E-state index in [-0.39, 0.29) is 11.3 Å². The highest BCUT2D eigenvalue weighted by molar-refractivity contribution is 6.04. The summed E-state index contributed by atoms with van der Waals surface area (Å²) < 4.78 is 0. The van der Waals surface area contributed by atoms with Gasteiger partial charge in [-0.05, 0) is 48.2 Å². The molecule has 5 heteroatoms. The first kappa shape index (κ1) is 16.5. The predicted molar refractivity (Wildman–Crippen MR) is 98.8 cm³/mol. The molecule has 1 aliphatic carbocycles. The quantitative estimate of drug-likeness (QED) is 0.754. The summed E-state index contributed by atoms with van der Waals surface area (Å²) in [7, 11) is 0. The molecule has 0 fully saturated rings. The zero-order valence-corrected chi connectivity index (χ0v) is 13.5. The fourth-order valence-corrected chi connectivity index (χ4v) is 2.64. The lowest BCUT2D eigenvalue weighted by Gasteiger charge is -2.11. The zero-order chi connectivity index (χ0) is 17.6. The first-order valence-corrected chi connectivity index (χ1v) is 8.01. The van der Waals surface area contributed by atoms with E-state index in [2.05, 4.69) is 28.9 Å². The van der Waals surface area contributed by atoms with Gasteiger partial charge in [-0.3, -0.25) is 0 Å². The van der Waals surface area contributed by atoms with Crippen LogP contribution in [0.1, 0.15) is 28.8 Å². The number of carboxylic acids is 1. The van der Waals surface area contributed by atoms with E-state index in [0.717, 1.165) is 18.4 Å². The van der Waals surface area contributed by atoms with Gasteiger partial charge in [0.05, 0.1) is 11.3 Å². The summed E-state index contributed by atoms with van der Waals surface area (Å²) in [4.78, 5) is 23.3. The standard InChI is InChI=1S/C20H18N2O3/c23-19(24)17-8-4-5-9-18(17)22-20(25)21-16-12-10-15(11-13-16)14-6-2-1-3-7-14/h2,4-13H,1,3H2,(H,23,24)(H2,21,22,25). The molecular formula is C20H18N2O3. The van der Waals surface area contributed by atoms with Crippen LogP contribution >= 0.6 is 0 Å². The van der Waals surface area contributed by atoms with E-state index in [1.165, 1.54) is 11.6 Å². The Kier molecular flexibility index (Phi) is 4.95. The molecule has 3 N–H and O–H groups in total. The maximum atomic E-state index is 12.1. The smallest absolute Gasteiger partial charge is 0.337 e. The maximum absolute atomic E-state index is 12.1. The second-order valence-electron chi connectivity index (χ2n) is 5.65. The lowest BCUT2D eigenvalue weighted by molar-refractivity contribution is 0.0698. The molecule has 0 aromatic heterocycles. The number of carboxylic acid groups (broad SMARTS) is 1. The average Bonchev–Trinajstić information content (AvgIpc) is 2.63. The van der Waals surface area contributed by atoms with Crippen LogP contribution < -0.4 is 10.6 Å². The summed E-state index contributed by atoms with van der Waals surface area (Å²) in [5.41, 5.74) is 3.20. The molecule has 25 heavy (non-hydrogen) atoms. The Morgan fingerprint density at radius 3 is 2.36 bits per heavy atom. The van der Waals surface area contributed by atoms with Gasteiger partial charge in [-0.15, -0.1) is 0 Å². The Hall–Kier alpha value is -3.34. The lowest BCUT2D eigenvalue weighted by Crippen LogP contribution is -2.20. The minimum Gasteiger partial charge on any atom is -0.478 e. The second-order valence-corrected chi connectivity index (χ2v) is 5.65. The monoisotopic (exact) mass is 334 g/mol. The number of allylic oxidation sites excluding steroid dienone is 4. The normalized spacial score (nSPS) is 13.0. The molecule has 0 spiro atoms. The number of carbonyl (C=O) groups is 2. The predicted octanol–water partition coefficient (Wildman–Crippen LogP) is 4.76. The zero-order valence-electron chi connectivity index (χ0n) is 13.5. The number of amides is 2. The number of anilines is 2. The fraction of sp³-hybridized carbons (Fsp3) is 0.100. The van der Waals surface area contributed by atoms with Crippen LogP contribution in [0.2, 0.25) is 0 Å². The van der Waals surface area contributed by atoms with Crippen molar-refractivity contribution >= 4 is 28.9 Å². The van der Waals surface area contributed by atoms with Crippen molar-refractivity contribution in [3.8, 4) is 0 Å². The average molecular weight is 334 g/mol. The number of aromatic carboxylic acids is 1. The Bertz CT molecular complexity index is 851. The highest BCUT2D eigenvalue weighted by Crippen LogP contribution is 2.23. The van der Waals surface area contributed by atoms with Gasteiger partial charge in [0.25, 0.3) is 0 Å². The number of urea groups is 1. The van der Waals surface area contributed by atoms with Crippen molar-refractivity contribution in [2.24, 2.45) is 0 Å². The van der Waals surface area contributed by atoms with Gasteiger partial charge in [-0.25, -0.2) is 9.59 Å². The van der Waals surface area contributed by atoms with E-state index >= 15 is 0 Å². The molecule has 0 atom stereocenters. The number of rotatable bonds is 4. The van der Waals surface area contributed by atoms with Crippen molar-refractivity contribution in [1.82, 2.24) is 0 Å². The number of nitrogens with one attached hydrogen (secondary N) is 2. The van der Waals surface area contributed by atoms with Crippen LogP contribution in [0, 0.1) is 0 Å². The van der Waals surface area contributed by atoms with E-state index in [9.17, 15) is 9.59 Å². The third-order valence-electron chi connectivity index (χ3n) is 3.88. The number of carbonyl (C=O) groups excluding carboxylic acids is 1. The molecule has 0 aliphatic heterocycles. The van der Waals surface area contributed by atoms with Crippen molar-refractivity contribution in [2.75, 3.05) is 10.6 Å². The van der Waals surface area contributed by atoms with E-state index < -0.39 is 12.0 Å². The van der Waals surface area contributed by atoms with Gasteiger partial charge in [0.1, 0.15) is 0 Å². The molecule has 0 radical (unpaired) electrons. The Balaban J connectivity index is 1.66. The van der Waals surface area contributed by atoms with Gasteiger partial charge in [0.15, 0.2) is 0 Å². The van der Waals surface area contributed by atoms with Crippen LogP contribution in [-0.4, -0.2) is 17.1 Å². The molecule has 0 heterocycles. The largest absolute Gasteiger partial charge is 0.478 e. The van der Waals surface area contributed by atoms with Crippen LogP contribution in [0.15, 0.2) is 66.8 Å². The van der Waals surface area contributed by atoms with Gasteiger partial charge in [0, 0.05) is 5.69 Å². The fourth-order valence-electron chi connectivity index (χ4n) is 2.64. The summed E-state index contributed by atoms with van der Waals surface area (Å²) in [6, 6.07) is 13.3. The third-order valence-corrected chi connectivity index (χ3v) is 3.88. The lowest BCUT2D eigenvalue weighted by atomic mass is 9.99. The number of hydrogen-bond acceptors (Lipinski definition) is 2. The van der Waals surface area contributed by atoms with Gasteiger partial charge < -0.3 is 15.7 Å². The Morgan fingerprint density at radius 2 is 1.68 bits per heavy atom. The molecule has 0 unspecified atom stereocenters. The van der Waals surface area contributed by atoms with E-state index in [4.69, 9.17) is 5.11 Å². The van der Waals surface area contributed by atoms with Crippen molar-refractivity contribution in [2.45, 2.75) is 12.8 Å². The molecule has 0 saturated heterocycles. The van der Waals surface area contributed by atoms with Gasteiger partial charge in [0.2, 0.25) is 0 Å². The number of para-hydroxylation sites is 1. The first-order valence-electron chi connectivity index (χ1n) is 8.01. The SMILES string of the molecule is O=C(Nc1ccc(C2=CCCC=C2)cc1)Nc1ccccc1C(=O)O. The molecule has 2 aromatic carbocycles. The topological polar surface area (TPSA) is 78.4 Å². The molecule has 3 rings (SSSR count). The molecule has 2 aromatic rings. The first-order chi connectivity index (χ1) is 12.1. The highest BCUT2D eigenvalue weighted by atomic mass is 16.4. The van der Waals surface area contributed by atoms with Crippen molar-refractivity contribution in [3.63, 3.8) is 0 Å².